The zero-order valence-electron chi connectivity index (χ0n) is 22.3. The molecule has 0 spiro atoms. The number of imidazole rings is 1. The van der Waals surface area contributed by atoms with E-state index < -0.39 is 5.97 Å². The van der Waals surface area contributed by atoms with Crippen molar-refractivity contribution in [3.63, 3.8) is 0 Å². The molecule has 3 saturated heterocycles. The minimum Gasteiger partial charge on any atom is -0.480 e. The second kappa shape index (κ2) is 10.00. The van der Waals surface area contributed by atoms with Crippen LogP contribution in [-0.4, -0.2) is 61.6 Å². The summed E-state index contributed by atoms with van der Waals surface area (Å²) in [5, 5.41) is 9.56. The van der Waals surface area contributed by atoms with Crippen LogP contribution in [0.1, 0.15) is 108 Å². The monoisotopic (exact) mass is 504 g/mol. The van der Waals surface area contributed by atoms with Crippen LogP contribution in [0.5, 0.6) is 0 Å². The van der Waals surface area contributed by atoms with E-state index >= 15 is 0 Å². The van der Waals surface area contributed by atoms with Gasteiger partial charge >= 0.3 is 5.97 Å². The molecular weight excluding hydrogens is 460 g/mol. The number of hydrogen-bond acceptors (Lipinski definition) is 4. The average Bonchev–Trinajstić information content (AvgIpc) is 3.45. The SMILES string of the molecule is O=C(O)CN1CCC[C@@H]1c1nc2ccccc2n1C1C[C@H]2CCC[C@@H](C1)N2C1C[C@H]2CCCC[C@@H](C1)C2. The number of benzene rings is 1. The number of nitrogens with zero attached hydrogens (tertiary/aromatic N) is 4. The van der Waals surface area contributed by atoms with Gasteiger partial charge in [0.25, 0.3) is 0 Å². The van der Waals surface area contributed by atoms with Gasteiger partial charge in [0.2, 0.25) is 0 Å². The van der Waals surface area contributed by atoms with Crippen LogP contribution in [0.4, 0.5) is 0 Å². The molecular formula is C31H44N4O2. The van der Waals surface area contributed by atoms with Crippen molar-refractivity contribution in [2.45, 2.75) is 120 Å². The fourth-order valence-corrected chi connectivity index (χ4v) is 9.47. The standard InChI is InChI=1S/C31H44N4O2/c36-30(37)20-33-14-6-13-29(33)31-32-27-11-3-4-12-28(27)35(31)26-18-23-9-5-10-24(19-26)34(23)25-16-21-7-1-2-8-22(15-21)17-25/h3-4,11-12,21-26,29H,1-2,5-10,13-20H2,(H,36,37)/t21-,22+,23-,24+,25?,26?,29-/m1/s1. The summed E-state index contributed by atoms with van der Waals surface area (Å²) in [4.78, 5) is 22.0. The largest absolute Gasteiger partial charge is 0.480 e. The van der Waals surface area contributed by atoms with E-state index in [4.69, 9.17) is 4.98 Å². The zero-order chi connectivity index (χ0) is 24.9. The topological polar surface area (TPSA) is 61.6 Å². The van der Waals surface area contributed by atoms with E-state index in [1.165, 1.54) is 82.6 Å². The number of piperidine rings is 2. The van der Waals surface area contributed by atoms with Crippen molar-refractivity contribution >= 4 is 17.0 Å². The first-order valence-corrected chi connectivity index (χ1v) is 15.3. The first-order chi connectivity index (χ1) is 18.1. The van der Waals surface area contributed by atoms with Crippen LogP contribution < -0.4 is 0 Å². The van der Waals surface area contributed by atoms with E-state index in [1.807, 2.05) is 0 Å². The van der Waals surface area contributed by atoms with Crippen molar-refractivity contribution < 1.29 is 9.90 Å². The van der Waals surface area contributed by atoms with Crippen LogP contribution in [0.2, 0.25) is 0 Å². The third-order valence-corrected chi connectivity index (χ3v) is 10.8. The molecule has 0 amide bonds. The summed E-state index contributed by atoms with van der Waals surface area (Å²) < 4.78 is 2.59. The summed E-state index contributed by atoms with van der Waals surface area (Å²) in [5.74, 6) is 2.33. The minimum absolute atomic E-state index is 0.113. The highest BCUT2D eigenvalue weighted by Gasteiger charge is 2.46. The number of likely N-dealkylation sites (tertiary alicyclic amines) is 1. The second-order valence-electron chi connectivity index (χ2n) is 13.0. The molecule has 37 heavy (non-hydrogen) atoms. The normalized spacial score (nSPS) is 37.0. The number of carbonyl (C=O) groups is 1. The third kappa shape index (κ3) is 4.52. The van der Waals surface area contributed by atoms with Crippen molar-refractivity contribution in [1.29, 1.82) is 0 Å². The van der Waals surface area contributed by atoms with Crippen LogP contribution in [0, 0.1) is 11.8 Å². The lowest BCUT2D eigenvalue weighted by atomic mass is 9.73. The van der Waals surface area contributed by atoms with Gasteiger partial charge in [-0.3, -0.25) is 14.6 Å². The number of hydrogen-bond donors (Lipinski definition) is 1. The Morgan fingerprint density at radius 3 is 2.27 bits per heavy atom. The maximum Gasteiger partial charge on any atom is 0.317 e. The van der Waals surface area contributed by atoms with Crippen molar-refractivity contribution in [2.24, 2.45) is 11.8 Å². The number of aliphatic carboxylic acids is 1. The molecule has 1 aromatic carbocycles. The van der Waals surface area contributed by atoms with Gasteiger partial charge in [-0.05, 0) is 88.3 Å². The third-order valence-electron chi connectivity index (χ3n) is 10.8. The summed E-state index contributed by atoms with van der Waals surface area (Å²) >= 11 is 0. The summed E-state index contributed by atoms with van der Waals surface area (Å²) in [5.41, 5.74) is 2.32. The van der Waals surface area contributed by atoms with Gasteiger partial charge in [-0.25, -0.2) is 4.98 Å². The Morgan fingerprint density at radius 2 is 1.54 bits per heavy atom. The van der Waals surface area contributed by atoms with Crippen molar-refractivity contribution in [3.05, 3.63) is 30.1 Å². The van der Waals surface area contributed by atoms with E-state index in [-0.39, 0.29) is 12.6 Å². The molecule has 2 saturated carbocycles. The lowest BCUT2D eigenvalue weighted by molar-refractivity contribution is -0.138. The molecule has 5 aliphatic rings. The molecule has 1 N–H and O–H groups in total. The maximum atomic E-state index is 11.6. The molecule has 200 valence electrons. The molecule has 6 heteroatoms. The number of carboxylic acids is 1. The molecule has 6 nitrogen and oxygen atoms in total. The van der Waals surface area contributed by atoms with Gasteiger partial charge in [0.1, 0.15) is 5.82 Å². The molecule has 5 fully saturated rings. The fourth-order valence-electron chi connectivity index (χ4n) is 9.47. The first-order valence-electron chi connectivity index (χ1n) is 15.3. The quantitative estimate of drug-likeness (QED) is 0.527. The fraction of sp³-hybridized carbons (Fsp3) is 0.742. The Hall–Kier alpha value is -1.92. The highest BCUT2D eigenvalue weighted by atomic mass is 16.4. The first kappa shape index (κ1) is 24.1. The van der Waals surface area contributed by atoms with Crippen LogP contribution in [0.15, 0.2) is 24.3 Å². The van der Waals surface area contributed by atoms with Crippen molar-refractivity contribution in [2.75, 3.05) is 13.1 Å². The molecule has 2 aliphatic carbocycles. The number of carboxylic acid groups (broad SMARTS) is 1. The van der Waals surface area contributed by atoms with Crippen LogP contribution in [0.25, 0.3) is 11.0 Å². The van der Waals surface area contributed by atoms with E-state index in [9.17, 15) is 9.90 Å². The second-order valence-corrected chi connectivity index (χ2v) is 13.0. The molecule has 2 unspecified atom stereocenters. The van der Waals surface area contributed by atoms with Gasteiger partial charge in [-0.2, -0.15) is 0 Å². The predicted molar refractivity (Wildman–Crippen MR) is 146 cm³/mol. The summed E-state index contributed by atoms with van der Waals surface area (Å²) in [7, 11) is 0. The Bertz CT molecular complexity index is 1100. The number of fused-ring (bicyclic) bond motifs is 5. The highest BCUT2D eigenvalue weighted by Crippen LogP contribution is 2.48. The Labute approximate surface area is 221 Å². The van der Waals surface area contributed by atoms with Crippen molar-refractivity contribution in [3.8, 4) is 0 Å². The van der Waals surface area contributed by atoms with Gasteiger partial charge in [0.05, 0.1) is 23.6 Å². The number of aromatic nitrogens is 2. The lowest BCUT2D eigenvalue weighted by Crippen LogP contribution is -2.58. The Morgan fingerprint density at radius 1 is 0.811 bits per heavy atom. The maximum absolute atomic E-state index is 11.6. The van der Waals surface area contributed by atoms with E-state index in [1.54, 1.807) is 0 Å². The predicted octanol–water partition coefficient (Wildman–Crippen LogP) is 6.17. The van der Waals surface area contributed by atoms with Crippen LogP contribution >= 0.6 is 0 Å². The molecule has 0 radical (unpaired) electrons. The highest BCUT2D eigenvalue weighted by molar-refractivity contribution is 5.76. The smallest absolute Gasteiger partial charge is 0.317 e. The Balaban J connectivity index is 1.20. The lowest BCUT2D eigenvalue weighted by Gasteiger charge is -2.55. The minimum atomic E-state index is -0.731. The molecule has 7 rings (SSSR count). The number of rotatable bonds is 5. The van der Waals surface area contributed by atoms with E-state index in [2.05, 4.69) is 38.6 Å². The number of para-hydroxylation sites is 2. The van der Waals surface area contributed by atoms with E-state index in [0.717, 1.165) is 48.6 Å². The summed E-state index contributed by atoms with van der Waals surface area (Å²) in [6, 6.07) is 11.4. The van der Waals surface area contributed by atoms with Gasteiger partial charge in [0.15, 0.2) is 0 Å². The van der Waals surface area contributed by atoms with Gasteiger partial charge < -0.3 is 9.67 Å². The van der Waals surface area contributed by atoms with Crippen LogP contribution in [0.3, 0.4) is 0 Å². The summed E-state index contributed by atoms with van der Waals surface area (Å²) in [6.07, 6.45) is 18.8. The molecule has 3 aliphatic heterocycles. The average molecular weight is 505 g/mol. The van der Waals surface area contributed by atoms with Gasteiger partial charge in [0, 0.05) is 24.2 Å². The molecule has 2 aromatic rings. The molecule has 4 heterocycles. The van der Waals surface area contributed by atoms with Gasteiger partial charge in [-0.1, -0.05) is 44.2 Å². The van der Waals surface area contributed by atoms with E-state index in [0.29, 0.717) is 18.1 Å². The Kier molecular flexibility index (Phi) is 6.52. The molecule has 4 bridgehead atoms. The van der Waals surface area contributed by atoms with Crippen molar-refractivity contribution in [1.82, 2.24) is 19.4 Å². The zero-order valence-corrected chi connectivity index (χ0v) is 22.3. The molecule has 1 aromatic heterocycles. The summed E-state index contributed by atoms with van der Waals surface area (Å²) in [6.45, 7) is 0.968. The van der Waals surface area contributed by atoms with Gasteiger partial charge in [-0.15, -0.1) is 0 Å². The molecule has 7 atom stereocenters. The van der Waals surface area contributed by atoms with Crippen LogP contribution in [-0.2, 0) is 4.79 Å².